The first-order chi connectivity index (χ1) is 16.2. The Balaban J connectivity index is 1.42. The maximum absolute atomic E-state index is 13.3. The van der Waals surface area contributed by atoms with Crippen LogP contribution in [0.4, 0.5) is 4.39 Å². The second kappa shape index (κ2) is 9.05. The molecule has 0 radical (unpaired) electrons. The zero-order chi connectivity index (χ0) is 22.6. The predicted octanol–water partition coefficient (Wildman–Crippen LogP) is 6.79. The molecule has 5 rings (SSSR count). The van der Waals surface area contributed by atoms with E-state index in [1.807, 2.05) is 71.3 Å². The molecule has 0 atom stereocenters. The molecular weight excluding hydrogens is 411 g/mol. The van der Waals surface area contributed by atoms with E-state index in [0.717, 1.165) is 33.3 Å². The first kappa shape index (κ1) is 20.6. The number of rotatable bonds is 6. The molecule has 160 valence electrons. The third-order valence-electron chi connectivity index (χ3n) is 5.57. The molecule has 5 aromatic rings. The van der Waals surface area contributed by atoms with Crippen LogP contribution in [-0.4, -0.2) is 15.3 Å². The van der Waals surface area contributed by atoms with Crippen molar-refractivity contribution in [1.29, 1.82) is 0 Å². The normalized spacial score (nSPS) is 11.3. The van der Waals surface area contributed by atoms with Crippen molar-refractivity contribution < 1.29 is 9.18 Å². The van der Waals surface area contributed by atoms with Gasteiger partial charge in [-0.2, -0.15) is 0 Å². The Hall–Kier alpha value is -4.31. The molecule has 0 amide bonds. The molecule has 0 spiro atoms. The zero-order valence-electron chi connectivity index (χ0n) is 17.9. The fraction of sp³-hybridized carbons (Fsp3) is 0.0345. The summed E-state index contributed by atoms with van der Waals surface area (Å²) >= 11 is 0. The summed E-state index contributed by atoms with van der Waals surface area (Å²) in [4.78, 5) is 17.7. The Labute approximate surface area is 191 Å². The monoisotopic (exact) mass is 432 g/mol. The number of hydrogen-bond acceptors (Lipinski definition) is 2. The van der Waals surface area contributed by atoms with Crippen LogP contribution in [0.2, 0.25) is 0 Å². The fourth-order valence-electron chi connectivity index (χ4n) is 3.86. The molecule has 0 saturated heterocycles. The molecule has 1 heterocycles. The van der Waals surface area contributed by atoms with Crippen LogP contribution < -0.4 is 0 Å². The van der Waals surface area contributed by atoms with Crippen LogP contribution in [0.5, 0.6) is 0 Å². The standard InChI is InChI=1S/C29H21FN2O/c30-25-17-12-22(13-18-25)20-32-27-9-5-4-8-26(27)31-29(32)28(33)19-14-21-10-15-24(16-11-21)23-6-2-1-3-7-23/h1-19H,20H2/b19-14+. The lowest BCUT2D eigenvalue weighted by atomic mass is 10.0. The number of carbonyl (C=O) groups is 1. The van der Waals surface area contributed by atoms with Crippen LogP contribution in [0, 0.1) is 5.82 Å². The molecule has 1 aromatic heterocycles. The van der Waals surface area contributed by atoms with Gasteiger partial charge in [0.1, 0.15) is 5.82 Å². The van der Waals surface area contributed by atoms with Crippen LogP contribution in [0.15, 0.2) is 109 Å². The summed E-state index contributed by atoms with van der Waals surface area (Å²) < 4.78 is 15.2. The van der Waals surface area contributed by atoms with E-state index in [9.17, 15) is 9.18 Å². The van der Waals surface area contributed by atoms with E-state index in [-0.39, 0.29) is 11.6 Å². The maximum Gasteiger partial charge on any atom is 0.221 e. The first-order valence-corrected chi connectivity index (χ1v) is 10.7. The van der Waals surface area contributed by atoms with Crippen molar-refractivity contribution in [2.75, 3.05) is 0 Å². The van der Waals surface area contributed by atoms with Gasteiger partial charge in [-0.1, -0.05) is 84.9 Å². The average molecular weight is 432 g/mol. The molecular formula is C29H21FN2O. The van der Waals surface area contributed by atoms with Crippen molar-refractivity contribution in [2.24, 2.45) is 0 Å². The van der Waals surface area contributed by atoms with E-state index in [1.54, 1.807) is 24.3 Å². The summed E-state index contributed by atoms with van der Waals surface area (Å²) in [5.74, 6) is -0.107. The van der Waals surface area contributed by atoms with Crippen molar-refractivity contribution in [3.05, 3.63) is 132 Å². The van der Waals surface area contributed by atoms with Gasteiger partial charge in [0.25, 0.3) is 0 Å². The van der Waals surface area contributed by atoms with Crippen LogP contribution in [-0.2, 0) is 6.54 Å². The summed E-state index contributed by atoms with van der Waals surface area (Å²) in [6.07, 6.45) is 3.36. The summed E-state index contributed by atoms with van der Waals surface area (Å²) in [6.45, 7) is 0.432. The topological polar surface area (TPSA) is 34.9 Å². The number of imidazole rings is 1. The molecule has 0 fully saturated rings. The van der Waals surface area contributed by atoms with E-state index in [0.29, 0.717) is 12.4 Å². The zero-order valence-corrected chi connectivity index (χ0v) is 17.9. The largest absolute Gasteiger partial charge is 0.317 e. The molecule has 0 aliphatic carbocycles. The highest BCUT2D eigenvalue weighted by molar-refractivity contribution is 6.06. The van der Waals surface area contributed by atoms with E-state index in [4.69, 9.17) is 0 Å². The van der Waals surface area contributed by atoms with E-state index < -0.39 is 0 Å². The number of fused-ring (bicyclic) bond motifs is 1. The Morgan fingerprint density at radius 2 is 1.45 bits per heavy atom. The number of benzene rings is 4. The van der Waals surface area contributed by atoms with Crippen LogP contribution in [0.1, 0.15) is 21.7 Å². The molecule has 0 unspecified atom stereocenters. The highest BCUT2D eigenvalue weighted by Crippen LogP contribution is 2.21. The Morgan fingerprint density at radius 3 is 2.21 bits per heavy atom. The number of aromatic nitrogens is 2. The second-order valence-electron chi connectivity index (χ2n) is 7.82. The van der Waals surface area contributed by atoms with Crippen LogP contribution in [0.3, 0.4) is 0 Å². The van der Waals surface area contributed by atoms with Gasteiger partial charge in [-0.3, -0.25) is 4.79 Å². The van der Waals surface area contributed by atoms with Gasteiger partial charge in [-0.25, -0.2) is 9.37 Å². The minimum Gasteiger partial charge on any atom is -0.317 e. The summed E-state index contributed by atoms with van der Waals surface area (Å²) in [5.41, 5.74) is 5.73. The first-order valence-electron chi connectivity index (χ1n) is 10.7. The Bertz CT molecular complexity index is 1430. The number of carbonyl (C=O) groups excluding carboxylic acids is 1. The molecule has 0 bridgehead atoms. The van der Waals surface area contributed by atoms with Crippen molar-refractivity contribution in [2.45, 2.75) is 6.54 Å². The molecule has 0 aliphatic rings. The Kier molecular flexibility index (Phi) is 5.64. The van der Waals surface area contributed by atoms with Crippen molar-refractivity contribution in [1.82, 2.24) is 9.55 Å². The number of nitrogens with zero attached hydrogens (tertiary/aromatic N) is 2. The average Bonchev–Trinajstić information content (AvgIpc) is 3.23. The van der Waals surface area contributed by atoms with Crippen molar-refractivity contribution in [3.63, 3.8) is 0 Å². The highest BCUT2D eigenvalue weighted by atomic mass is 19.1. The van der Waals surface area contributed by atoms with Crippen LogP contribution >= 0.6 is 0 Å². The predicted molar refractivity (Wildman–Crippen MR) is 130 cm³/mol. The molecule has 0 N–H and O–H groups in total. The van der Waals surface area contributed by atoms with Gasteiger partial charge in [-0.05, 0) is 52.6 Å². The number of para-hydroxylation sites is 2. The molecule has 0 saturated carbocycles. The van der Waals surface area contributed by atoms with Gasteiger partial charge in [0.05, 0.1) is 11.0 Å². The highest BCUT2D eigenvalue weighted by Gasteiger charge is 2.16. The summed E-state index contributed by atoms with van der Waals surface area (Å²) in [5, 5.41) is 0. The van der Waals surface area contributed by atoms with Gasteiger partial charge in [0, 0.05) is 6.54 Å². The molecule has 3 nitrogen and oxygen atoms in total. The maximum atomic E-state index is 13.3. The second-order valence-corrected chi connectivity index (χ2v) is 7.82. The van der Waals surface area contributed by atoms with Gasteiger partial charge < -0.3 is 4.57 Å². The third kappa shape index (κ3) is 4.51. The van der Waals surface area contributed by atoms with E-state index >= 15 is 0 Å². The minimum absolute atomic E-state index is 0.180. The molecule has 0 aliphatic heterocycles. The lowest BCUT2D eigenvalue weighted by Crippen LogP contribution is -2.09. The van der Waals surface area contributed by atoms with E-state index in [2.05, 4.69) is 17.1 Å². The SMILES string of the molecule is O=C(/C=C/c1ccc(-c2ccccc2)cc1)c1nc2ccccc2n1Cc1ccc(F)cc1. The number of halogens is 1. The summed E-state index contributed by atoms with van der Waals surface area (Å²) in [6, 6.07) is 32.2. The van der Waals surface area contributed by atoms with E-state index in [1.165, 1.54) is 12.1 Å². The van der Waals surface area contributed by atoms with Gasteiger partial charge in [0.2, 0.25) is 5.78 Å². The third-order valence-corrected chi connectivity index (χ3v) is 5.57. The molecule has 33 heavy (non-hydrogen) atoms. The van der Waals surface area contributed by atoms with Gasteiger partial charge >= 0.3 is 0 Å². The van der Waals surface area contributed by atoms with Crippen molar-refractivity contribution >= 4 is 22.9 Å². The quantitative estimate of drug-likeness (QED) is 0.219. The fourth-order valence-corrected chi connectivity index (χ4v) is 3.86. The smallest absolute Gasteiger partial charge is 0.221 e. The van der Waals surface area contributed by atoms with Crippen molar-refractivity contribution in [3.8, 4) is 11.1 Å². The van der Waals surface area contributed by atoms with Gasteiger partial charge in [0.15, 0.2) is 5.82 Å². The number of hydrogen-bond donors (Lipinski definition) is 0. The number of ketones is 1. The number of allylic oxidation sites excluding steroid dienone is 1. The van der Waals surface area contributed by atoms with Crippen LogP contribution in [0.25, 0.3) is 28.2 Å². The molecule has 4 heteroatoms. The molecule has 4 aromatic carbocycles. The Morgan fingerprint density at radius 1 is 0.788 bits per heavy atom. The minimum atomic E-state index is -0.285. The van der Waals surface area contributed by atoms with Gasteiger partial charge in [-0.15, -0.1) is 0 Å². The summed E-state index contributed by atoms with van der Waals surface area (Å²) in [7, 11) is 0. The lowest BCUT2D eigenvalue weighted by Gasteiger charge is -2.08. The lowest BCUT2D eigenvalue weighted by molar-refractivity contribution is 0.103.